The Labute approximate surface area is 123 Å². The van der Waals surface area contributed by atoms with Crippen LogP contribution in [-0.2, 0) is 4.79 Å². The maximum absolute atomic E-state index is 11.5. The predicted molar refractivity (Wildman–Crippen MR) is 80.3 cm³/mol. The number of carbonyl (C=O) groups excluding carboxylic acids is 1. The maximum Gasteiger partial charge on any atom is 0.270 e. The minimum Gasteiger partial charge on any atom is -0.353 e. The number of non-ortho nitro benzene ring substituents is 1. The van der Waals surface area contributed by atoms with Crippen LogP contribution in [0.15, 0.2) is 22.5 Å². The Hall–Kier alpha value is -1.67. The van der Waals surface area contributed by atoms with Crippen LogP contribution in [0.4, 0.5) is 5.69 Å². The molecule has 0 bridgehead atoms. The number of carbonyl (C=O) groups is 1. The lowest BCUT2D eigenvalue weighted by Gasteiger charge is -2.06. The number of aromatic nitrogens is 1. The largest absolute Gasteiger partial charge is 0.353 e. The van der Waals surface area contributed by atoms with Gasteiger partial charge in [-0.2, -0.15) is 0 Å². The SMILES string of the molecule is CC(C)NC(=O)CSc1nc2ccc([N+](=O)[O-])cc2s1. The number of hydrogen-bond donors (Lipinski definition) is 1. The van der Waals surface area contributed by atoms with Gasteiger partial charge in [0.1, 0.15) is 0 Å². The van der Waals surface area contributed by atoms with Crippen molar-refractivity contribution in [3.8, 4) is 0 Å². The number of nitrogens with zero attached hydrogens (tertiary/aromatic N) is 2. The fourth-order valence-electron chi connectivity index (χ4n) is 1.56. The summed E-state index contributed by atoms with van der Waals surface area (Å²) in [6.07, 6.45) is 0. The molecule has 1 amide bonds. The number of benzene rings is 1. The monoisotopic (exact) mass is 311 g/mol. The summed E-state index contributed by atoms with van der Waals surface area (Å²) in [6, 6.07) is 4.68. The highest BCUT2D eigenvalue weighted by Gasteiger charge is 2.12. The number of nitrogens with one attached hydrogen (secondary N) is 1. The molecule has 0 atom stereocenters. The average molecular weight is 311 g/mol. The molecule has 0 unspecified atom stereocenters. The highest BCUT2D eigenvalue weighted by molar-refractivity contribution is 8.01. The van der Waals surface area contributed by atoms with Gasteiger partial charge in [0.15, 0.2) is 4.34 Å². The van der Waals surface area contributed by atoms with Crippen molar-refractivity contribution < 1.29 is 9.72 Å². The van der Waals surface area contributed by atoms with Crippen LogP contribution in [0.25, 0.3) is 10.2 Å². The number of thioether (sulfide) groups is 1. The lowest BCUT2D eigenvalue weighted by atomic mass is 10.3. The first-order chi connectivity index (χ1) is 9.45. The topological polar surface area (TPSA) is 85.1 Å². The second-order valence-electron chi connectivity index (χ2n) is 4.40. The van der Waals surface area contributed by atoms with Crippen molar-refractivity contribution in [2.75, 3.05) is 5.75 Å². The minimum absolute atomic E-state index is 0.0461. The van der Waals surface area contributed by atoms with E-state index in [4.69, 9.17) is 0 Å². The van der Waals surface area contributed by atoms with Gasteiger partial charge in [-0.05, 0) is 19.9 Å². The van der Waals surface area contributed by atoms with Gasteiger partial charge in [-0.3, -0.25) is 14.9 Å². The van der Waals surface area contributed by atoms with Gasteiger partial charge in [0.25, 0.3) is 5.69 Å². The Morgan fingerprint density at radius 2 is 2.30 bits per heavy atom. The van der Waals surface area contributed by atoms with Crippen LogP contribution in [-0.4, -0.2) is 27.6 Å². The molecule has 2 aromatic rings. The van der Waals surface area contributed by atoms with E-state index in [9.17, 15) is 14.9 Å². The van der Waals surface area contributed by atoms with Gasteiger partial charge in [-0.1, -0.05) is 11.8 Å². The maximum atomic E-state index is 11.5. The number of amides is 1. The molecule has 0 spiro atoms. The molecule has 0 aliphatic rings. The van der Waals surface area contributed by atoms with Gasteiger partial charge < -0.3 is 5.32 Å². The Morgan fingerprint density at radius 1 is 1.55 bits per heavy atom. The smallest absolute Gasteiger partial charge is 0.270 e. The van der Waals surface area contributed by atoms with Gasteiger partial charge in [0, 0.05) is 18.2 Å². The van der Waals surface area contributed by atoms with Crippen LogP contribution < -0.4 is 5.32 Å². The number of thiazole rings is 1. The Morgan fingerprint density at radius 3 is 2.95 bits per heavy atom. The van der Waals surface area contributed by atoms with Crippen molar-refractivity contribution in [1.82, 2.24) is 10.3 Å². The first kappa shape index (κ1) is 14.7. The highest BCUT2D eigenvalue weighted by Crippen LogP contribution is 2.31. The molecule has 0 radical (unpaired) electrons. The zero-order valence-corrected chi connectivity index (χ0v) is 12.6. The van der Waals surface area contributed by atoms with Crippen molar-refractivity contribution in [2.45, 2.75) is 24.2 Å². The molecule has 8 heteroatoms. The summed E-state index contributed by atoms with van der Waals surface area (Å²) < 4.78 is 1.49. The summed E-state index contributed by atoms with van der Waals surface area (Å²) in [5.74, 6) is 0.246. The number of nitro benzene ring substituents is 1. The molecule has 20 heavy (non-hydrogen) atoms. The molecule has 106 valence electrons. The fourth-order valence-corrected chi connectivity index (χ4v) is 3.47. The molecule has 0 fully saturated rings. The third-order valence-corrected chi connectivity index (χ3v) is 4.50. The predicted octanol–water partition coefficient (Wildman–Crippen LogP) is 2.82. The van der Waals surface area contributed by atoms with E-state index in [1.54, 1.807) is 6.07 Å². The zero-order valence-electron chi connectivity index (χ0n) is 11.0. The van der Waals surface area contributed by atoms with Crippen molar-refractivity contribution >= 4 is 44.9 Å². The van der Waals surface area contributed by atoms with E-state index in [2.05, 4.69) is 10.3 Å². The van der Waals surface area contributed by atoms with E-state index in [0.717, 1.165) is 9.04 Å². The van der Waals surface area contributed by atoms with Gasteiger partial charge in [-0.25, -0.2) is 4.98 Å². The molecule has 0 saturated carbocycles. The van der Waals surface area contributed by atoms with Crippen LogP contribution in [0, 0.1) is 10.1 Å². The lowest BCUT2D eigenvalue weighted by molar-refractivity contribution is -0.384. The first-order valence-electron chi connectivity index (χ1n) is 5.93. The van der Waals surface area contributed by atoms with Gasteiger partial charge in [0.2, 0.25) is 5.91 Å². The normalized spacial score (nSPS) is 10.9. The molecule has 6 nitrogen and oxygen atoms in total. The van der Waals surface area contributed by atoms with E-state index in [1.807, 2.05) is 13.8 Å². The van der Waals surface area contributed by atoms with E-state index in [0.29, 0.717) is 11.3 Å². The Kier molecular flexibility index (Phi) is 4.56. The molecule has 1 aromatic carbocycles. The third-order valence-electron chi connectivity index (χ3n) is 2.34. The lowest BCUT2D eigenvalue weighted by Crippen LogP contribution is -2.31. The first-order valence-corrected chi connectivity index (χ1v) is 7.73. The highest BCUT2D eigenvalue weighted by atomic mass is 32.2. The Bertz CT molecular complexity index is 654. The summed E-state index contributed by atoms with van der Waals surface area (Å²) in [7, 11) is 0. The number of hydrogen-bond acceptors (Lipinski definition) is 6. The summed E-state index contributed by atoms with van der Waals surface area (Å²) in [6.45, 7) is 3.80. The standard InChI is InChI=1S/C12H13N3O3S2/c1-7(2)13-11(16)6-19-12-14-9-4-3-8(15(17)18)5-10(9)20-12/h3-5,7H,6H2,1-2H3,(H,13,16). The molecule has 0 aliphatic carbocycles. The summed E-state index contributed by atoms with van der Waals surface area (Å²) in [4.78, 5) is 26.2. The number of nitro groups is 1. The fraction of sp³-hybridized carbons (Fsp3) is 0.333. The van der Waals surface area contributed by atoms with Crippen LogP contribution in [0.1, 0.15) is 13.8 Å². The summed E-state index contributed by atoms with van der Waals surface area (Å²) in [5, 5.41) is 13.5. The summed E-state index contributed by atoms with van der Waals surface area (Å²) in [5.41, 5.74) is 0.766. The summed E-state index contributed by atoms with van der Waals surface area (Å²) >= 11 is 2.69. The van der Waals surface area contributed by atoms with E-state index in [-0.39, 0.29) is 17.6 Å². The van der Waals surface area contributed by atoms with E-state index < -0.39 is 4.92 Å². The quantitative estimate of drug-likeness (QED) is 0.521. The number of rotatable bonds is 5. The van der Waals surface area contributed by atoms with Crippen LogP contribution >= 0.6 is 23.1 Å². The molecule has 0 aliphatic heterocycles. The van der Waals surface area contributed by atoms with Crippen LogP contribution in [0.3, 0.4) is 0 Å². The molecule has 1 aromatic heterocycles. The second-order valence-corrected chi connectivity index (χ2v) is 6.65. The molecule has 0 saturated heterocycles. The molecular weight excluding hydrogens is 298 g/mol. The van der Waals surface area contributed by atoms with Crippen molar-refractivity contribution in [1.29, 1.82) is 0 Å². The van der Waals surface area contributed by atoms with E-state index >= 15 is 0 Å². The van der Waals surface area contributed by atoms with Crippen LogP contribution in [0.2, 0.25) is 0 Å². The third kappa shape index (κ3) is 3.67. The second kappa shape index (κ2) is 6.19. The zero-order chi connectivity index (χ0) is 14.7. The average Bonchev–Trinajstić information content (AvgIpc) is 2.77. The molecular formula is C12H13N3O3S2. The van der Waals surface area contributed by atoms with Crippen molar-refractivity contribution in [2.24, 2.45) is 0 Å². The molecule has 1 N–H and O–H groups in total. The minimum atomic E-state index is -0.429. The van der Waals surface area contributed by atoms with Gasteiger partial charge in [-0.15, -0.1) is 11.3 Å². The number of fused-ring (bicyclic) bond motifs is 1. The van der Waals surface area contributed by atoms with Gasteiger partial charge in [0.05, 0.1) is 20.9 Å². The molecule has 2 rings (SSSR count). The van der Waals surface area contributed by atoms with Gasteiger partial charge >= 0.3 is 0 Å². The molecule has 1 heterocycles. The van der Waals surface area contributed by atoms with Crippen molar-refractivity contribution in [3.63, 3.8) is 0 Å². The van der Waals surface area contributed by atoms with Crippen LogP contribution in [0.5, 0.6) is 0 Å². The van der Waals surface area contributed by atoms with Crippen molar-refractivity contribution in [3.05, 3.63) is 28.3 Å². The Balaban J connectivity index is 2.08. The van der Waals surface area contributed by atoms with E-state index in [1.165, 1.54) is 35.2 Å².